The van der Waals surface area contributed by atoms with Crippen LogP contribution in [0.2, 0.25) is 0 Å². The number of nitrogens with zero attached hydrogens (tertiary/aromatic N) is 4. The van der Waals surface area contributed by atoms with Crippen molar-refractivity contribution in [3.63, 3.8) is 0 Å². The molecule has 1 amide bonds. The van der Waals surface area contributed by atoms with Crippen LogP contribution in [0.4, 0.5) is 18.9 Å². The van der Waals surface area contributed by atoms with Crippen LogP contribution in [-0.4, -0.2) is 57.9 Å². The van der Waals surface area contributed by atoms with Gasteiger partial charge in [-0.15, -0.1) is 0 Å². The standard InChI is InChI=1S/C28H30F3N5O2/c1-18-15-22(16-32-26(18)20-3-7-23(8-4-20)35-11-13-38-14-12-35)34-27(37)25-17-33-36(19(25)2)24-9-5-21(6-10-24)28(29,30)31/h3,5-6,9-10,15-17,23H,4,7-8,11-14H2,1-2H3,(H,34,37). The van der Waals surface area contributed by atoms with Crippen molar-refractivity contribution in [3.05, 3.63) is 76.9 Å². The minimum absolute atomic E-state index is 0.329. The fourth-order valence-corrected chi connectivity index (χ4v) is 5.17. The van der Waals surface area contributed by atoms with Crippen molar-refractivity contribution in [2.45, 2.75) is 45.3 Å². The van der Waals surface area contributed by atoms with Gasteiger partial charge in [0.1, 0.15) is 0 Å². The van der Waals surface area contributed by atoms with Gasteiger partial charge in [-0.05, 0) is 74.6 Å². The predicted molar refractivity (Wildman–Crippen MR) is 138 cm³/mol. The molecule has 0 bridgehead atoms. The number of amides is 1. The maximum absolute atomic E-state index is 13.0. The number of carbonyl (C=O) groups is 1. The second kappa shape index (κ2) is 10.7. The molecule has 5 rings (SSSR count). The number of hydrogen-bond donors (Lipinski definition) is 1. The van der Waals surface area contributed by atoms with Gasteiger partial charge in [-0.1, -0.05) is 6.08 Å². The number of aryl methyl sites for hydroxylation is 1. The molecule has 1 saturated heterocycles. The highest BCUT2D eigenvalue weighted by Gasteiger charge is 2.30. The highest BCUT2D eigenvalue weighted by molar-refractivity contribution is 6.05. The molecule has 0 radical (unpaired) electrons. The van der Waals surface area contributed by atoms with Crippen molar-refractivity contribution in [1.82, 2.24) is 19.7 Å². The Kier molecular flexibility index (Phi) is 7.36. The number of hydrogen-bond acceptors (Lipinski definition) is 5. The summed E-state index contributed by atoms with van der Waals surface area (Å²) in [5.74, 6) is -0.361. The maximum Gasteiger partial charge on any atom is 0.416 e. The Labute approximate surface area is 219 Å². The molecule has 200 valence electrons. The number of allylic oxidation sites excluding steroid dienone is 1. The van der Waals surface area contributed by atoms with E-state index in [4.69, 9.17) is 4.74 Å². The summed E-state index contributed by atoms with van der Waals surface area (Å²) in [6, 6.07) is 7.12. The van der Waals surface area contributed by atoms with Crippen LogP contribution in [0.5, 0.6) is 0 Å². The molecule has 1 fully saturated rings. The lowest BCUT2D eigenvalue weighted by atomic mass is 9.90. The van der Waals surface area contributed by atoms with Crippen LogP contribution in [0.25, 0.3) is 11.3 Å². The van der Waals surface area contributed by atoms with Gasteiger partial charge in [0.25, 0.3) is 5.91 Å². The fraction of sp³-hybridized carbons (Fsp3) is 0.393. The van der Waals surface area contributed by atoms with E-state index < -0.39 is 11.7 Å². The smallest absolute Gasteiger partial charge is 0.379 e. The largest absolute Gasteiger partial charge is 0.416 e. The first-order valence-electron chi connectivity index (χ1n) is 12.7. The Morgan fingerprint density at radius 3 is 2.47 bits per heavy atom. The number of carbonyl (C=O) groups excluding carboxylic acids is 1. The van der Waals surface area contributed by atoms with Crippen LogP contribution in [0.15, 0.2) is 48.8 Å². The molecule has 1 atom stereocenters. The number of halogens is 3. The zero-order valence-electron chi connectivity index (χ0n) is 21.4. The Morgan fingerprint density at radius 1 is 1.11 bits per heavy atom. The summed E-state index contributed by atoms with van der Waals surface area (Å²) < 4.78 is 45.5. The Morgan fingerprint density at radius 2 is 1.84 bits per heavy atom. The lowest BCUT2D eigenvalue weighted by molar-refractivity contribution is -0.137. The van der Waals surface area contributed by atoms with Crippen LogP contribution in [-0.2, 0) is 10.9 Å². The van der Waals surface area contributed by atoms with Gasteiger partial charge in [0.2, 0.25) is 0 Å². The van der Waals surface area contributed by atoms with Crippen molar-refractivity contribution >= 4 is 17.2 Å². The summed E-state index contributed by atoms with van der Waals surface area (Å²) in [5.41, 5.74) is 4.29. The van der Waals surface area contributed by atoms with Gasteiger partial charge in [0, 0.05) is 19.1 Å². The van der Waals surface area contributed by atoms with Crippen LogP contribution in [0, 0.1) is 13.8 Å². The Balaban J connectivity index is 1.25. The lowest BCUT2D eigenvalue weighted by Crippen LogP contribution is -2.43. The third kappa shape index (κ3) is 5.51. The van der Waals surface area contributed by atoms with Gasteiger partial charge >= 0.3 is 6.18 Å². The third-order valence-corrected chi connectivity index (χ3v) is 7.28. The van der Waals surface area contributed by atoms with E-state index in [-0.39, 0.29) is 5.91 Å². The molecule has 3 heterocycles. The van der Waals surface area contributed by atoms with Crippen molar-refractivity contribution < 1.29 is 22.7 Å². The van der Waals surface area contributed by atoms with Crippen molar-refractivity contribution in [1.29, 1.82) is 0 Å². The van der Waals surface area contributed by atoms with E-state index in [1.54, 1.807) is 13.1 Å². The fourth-order valence-electron chi connectivity index (χ4n) is 5.17. The molecule has 0 saturated carbocycles. The monoisotopic (exact) mass is 525 g/mol. The molecule has 7 nitrogen and oxygen atoms in total. The van der Waals surface area contributed by atoms with Gasteiger partial charge in [0.15, 0.2) is 0 Å². The summed E-state index contributed by atoms with van der Waals surface area (Å²) in [4.78, 5) is 20.2. The third-order valence-electron chi connectivity index (χ3n) is 7.28. The van der Waals surface area contributed by atoms with Crippen molar-refractivity contribution in [3.8, 4) is 5.69 Å². The molecule has 1 unspecified atom stereocenters. The molecule has 0 spiro atoms. The van der Waals surface area contributed by atoms with Gasteiger partial charge < -0.3 is 10.1 Å². The van der Waals surface area contributed by atoms with E-state index in [1.807, 2.05) is 13.0 Å². The number of pyridine rings is 1. The molecule has 10 heteroatoms. The number of rotatable bonds is 5. The molecular weight excluding hydrogens is 495 g/mol. The summed E-state index contributed by atoms with van der Waals surface area (Å²) >= 11 is 0. The van der Waals surface area contributed by atoms with E-state index >= 15 is 0 Å². The van der Waals surface area contributed by atoms with E-state index in [0.29, 0.717) is 28.7 Å². The highest BCUT2D eigenvalue weighted by atomic mass is 19.4. The molecule has 1 aromatic carbocycles. The summed E-state index contributed by atoms with van der Waals surface area (Å²) in [5, 5.41) is 7.09. The molecular formula is C28H30F3N5O2. The number of nitrogens with one attached hydrogen (secondary N) is 1. The number of ether oxygens (including phenoxy) is 1. The van der Waals surface area contributed by atoms with Gasteiger partial charge in [0.05, 0.1) is 59.5 Å². The topological polar surface area (TPSA) is 72.3 Å². The average molecular weight is 526 g/mol. The number of aromatic nitrogens is 3. The van der Waals surface area contributed by atoms with Gasteiger partial charge in [-0.25, -0.2) is 4.68 Å². The first-order chi connectivity index (χ1) is 18.2. The van der Waals surface area contributed by atoms with Crippen molar-refractivity contribution in [2.24, 2.45) is 0 Å². The number of benzene rings is 1. The first-order valence-corrected chi connectivity index (χ1v) is 12.7. The van der Waals surface area contributed by atoms with E-state index in [2.05, 4.69) is 26.4 Å². The quantitative estimate of drug-likeness (QED) is 0.482. The first kappa shape index (κ1) is 26.1. The predicted octanol–water partition coefficient (Wildman–Crippen LogP) is 5.42. The molecule has 1 N–H and O–H groups in total. The minimum Gasteiger partial charge on any atom is -0.379 e. The molecule has 1 aliphatic carbocycles. The SMILES string of the molecule is Cc1cc(NC(=O)c2cnn(-c3ccc(C(F)(F)F)cc3)c2C)cnc1C1=CCC(N2CCOCC2)CC1. The maximum atomic E-state index is 13.0. The van der Waals surface area contributed by atoms with Crippen LogP contribution in [0.3, 0.4) is 0 Å². The van der Waals surface area contributed by atoms with Crippen LogP contribution >= 0.6 is 0 Å². The van der Waals surface area contributed by atoms with Gasteiger partial charge in [-0.3, -0.25) is 14.7 Å². The molecule has 38 heavy (non-hydrogen) atoms. The van der Waals surface area contributed by atoms with Crippen LogP contribution < -0.4 is 5.32 Å². The minimum atomic E-state index is -4.41. The Hall–Kier alpha value is -3.50. The second-order valence-corrected chi connectivity index (χ2v) is 9.75. The summed E-state index contributed by atoms with van der Waals surface area (Å²) in [6.07, 6.45) is 3.99. The number of alkyl halides is 3. The average Bonchev–Trinajstić information content (AvgIpc) is 3.30. The van der Waals surface area contributed by atoms with Crippen molar-refractivity contribution in [2.75, 3.05) is 31.6 Å². The lowest BCUT2D eigenvalue weighted by Gasteiger charge is -2.36. The van der Waals surface area contributed by atoms with Gasteiger partial charge in [-0.2, -0.15) is 18.3 Å². The molecule has 2 aromatic heterocycles. The molecule has 3 aromatic rings. The molecule has 1 aliphatic heterocycles. The Bertz CT molecular complexity index is 1340. The summed E-state index contributed by atoms with van der Waals surface area (Å²) in [7, 11) is 0. The second-order valence-electron chi connectivity index (χ2n) is 9.75. The molecule has 2 aliphatic rings. The van der Waals surface area contributed by atoms with E-state index in [9.17, 15) is 18.0 Å². The number of morpholine rings is 1. The van der Waals surface area contributed by atoms with Crippen LogP contribution in [0.1, 0.15) is 52.1 Å². The zero-order chi connectivity index (χ0) is 26.9. The number of anilines is 1. The van der Waals surface area contributed by atoms with E-state index in [1.165, 1.54) is 28.6 Å². The summed E-state index contributed by atoms with van der Waals surface area (Å²) in [6.45, 7) is 7.27. The normalized spacial score (nSPS) is 18.8. The van der Waals surface area contributed by atoms with E-state index in [0.717, 1.165) is 69.0 Å². The zero-order valence-corrected chi connectivity index (χ0v) is 21.4. The highest BCUT2D eigenvalue weighted by Crippen LogP contribution is 2.32.